The molecule has 1 aliphatic rings. The average Bonchev–Trinajstić information content (AvgIpc) is 2.36. The molecule has 0 saturated carbocycles. The number of nitrogens with one attached hydrogen (secondary N) is 1. The summed E-state index contributed by atoms with van der Waals surface area (Å²) in [5.41, 5.74) is 1.01. The zero-order chi connectivity index (χ0) is 13.0. The van der Waals surface area contributed by atoms with E-state index in [1.807, 2.05) is 0 Å². The summed E-state index contributed by atoms with van der Waals surface area (Å²) in [6, 6.07) is 5.20. The number of hydrogen-bond acceptors (Lipinski definition) is 4. The van der Waals surface area contributed by atoms with E-state index in [0.29, 0.717) is 0 Å². The van der Waals surface area contributed by atoms with Crippen LogP contribution in [-0.4, -0.2) is 41.3 Å². The number of phenolic OH excluding ortho intramolecular Hbond substituents is 2. The molecule has 4 nitrogen and oxygen atoms in total. The largest absolute Gasteiger partial charge is 0.508 e. The molecule has 1 aromatic rings. The van der Waals surface area contributed by atoms with Gasteiger partial charge in [0.1, 0.15) is 11.5 Å². The van der Waals surface area contributed by atoms with E-state index in [-0.39, 0.29) is 17.5 Å². The van der Waals surface area contributed by atoms with Crippen molar-refractivity contribution in [1.82, 2.24) is 10.2 Å². The van der Waals surface area contributed by atoms with Gasteiger partial charge in [-0.2, -0.15) is 0 Å². The molecule has 0 amide bonds. The van der Waals surface area contributed by atoms with Crippen LogP contribution in [0.5, 0.6) is 11.5 Å². The van der Waals surface area contributed by atoms with Gasteiger partial charge in [0.25, 0.3) is 0 Å². The summed E-state index contributed by atoms with van der Waals surface area (Å²) in [5.74, 6) is 0.280. The van der Waals surface area contributed by atoms with Crippen molar-refractivity contribution in [3.05, 3.63) is 23.8 Å². The van der Waals surface area contributed by atoms with Gasteiger partial charge in [0.2, 0.25) is 0 Å². The van der Waals surface area contributed by atoms with Crippen LogP contribution in [0, 0.1) is 0 Å². The zero-order valence-corrected chi connectivity index (χ0v) is 10.9. The van der Waals surface area contributed by atoms with E-state index in [0.717, 1.165) is 44.6 Å². The van der Waals surface area contributed by atoms with Gasteiger partial charge in [-0.1, -0.05) is 13.3 Å². The maximum Gasteiger partial charge on any atom is 0.119 e. The van der Waals surface area contributed by atoms with Crippen molar-refractivity contribution >= 4 is 0 Å². The van der Waals surface area contributed by atoms with E-state index in [1.165, 1.54) is 6.07 Å². The topological polar surface area (TPSA) is 55.7 Å². The fourth-order valence-corrected chi connectivity index (χ4v) is 2.64. The molecule has 18 heavy (non-hydrogen) atoms. The molecule has 0 bridgehead atoms. The lowest BCUT2D eigenvalue weighted by Gasteiger charge is -2.35. The Morgan fingerprint density at radius 3 is 2.33 bits per heavy atom. The van der Waals surface area contributed by atoms with Gasteiger partial charge in [-0.25, -0.2) is 0 Å². The Morgan fingerprint density at radius 2 is 1.78 bits per heavy atom. The lowest BCUT2D eigenvalue weighted by Crippen LogP contribution is -2.45. The summed E-state index contributed by atoms with van der Waals surface area (Å²) in [6.07, 6.45) is 2.13. The summed E-state index contributed by atoms with van der Waals surface area (Å²) < 4.78 is 0. The number of piperazine rings is 1. The van der Waals surface area contributed by atoms with Crippen molar-refractivity contribution in [2.75, 3.05) is 26.2 Å². The first-order valence-corrected chi connectivity index (χ1v) is 6.68. The third-order valence-corrected chi connectivity index (χ3v) is 3.46. The number of hydrogen-bond donors (Lipinski definition) is 3. The van der Waals surface area contributed by atoms with E-state index < -0.39 is 0 Å². The zero-order valence-electron chi connectivity index (χ0n) is 10.9. The van der Waals surface area contributed by atoms with Crippen LogP contribution in [0.1, 0.15) is 31.4 Å². The monoisotopic (exact) mass is 250 g/mol. The Balaban J connectivity index is 2.22. The normalized spacial score (nSPS) is 18.7. The van der Waals surface area contributed by atoms with Crippen LogP contribution in [0.3, 0.4) is 0 Å². The molecule has 0 spiro atoms. The highest BCUT2D eigenvalue weighted by Crippen LogP contribution is 2.31. The van der Waals surface area contributed by atoms with E-state index in [2.05, 4.69) is 17.1 Å². The first-order valence-electron chi connectivity index (χ1n) is 6.68. The van der Waals surface area contributed by atoms with E-state index in [9.17, 15) is 10.2 Å². The van der Waals surface area contributed by atoms with Gasteiger partial charge in [-0.3, -0.25) is 4.90 Å². The third kappa shape index (κ3) is 3.15. The van der Waals surface area contributed by atoms with Gasteiger partial charge < -0.3 is 15.5 Å². The molecule has 0 aromatic heterocycles. The lowest BCUT2D eigenvalue weighted by atomic mass is 9.99. The Morgan fingerprint density at radius 1 is 1.17 bits per heavy atom. The fraction of sp³-hybridized carbons (Fsp3) is 0.571. The van der Waals surface area contributed by atoms with Gasteiger partial charge in [0.15, 0.2) is 0 Å². The summed E-state index contributed by atoms with van der Waals surface area (Å²) in [6.45, 7) is 6.20. The Kier molecular flexibility index (Phi) is 4.44. The Hall–Kier alpha value is -1.26. The molecule has 0 radical (unpaired) electrons. The minimum absolute atomic E-state index is 0.140. The van der Waals surface area contributed by atoms with Crippen molar-refractivity contribution < 1.29 is 10.2 Å². The van der Waals surface area contributed by atoms with E-state index in [1.54, 1.807) is 12.1 Å². The van der Waals surface area contributed by atoms with Crippen LogP contribution in [0.25, 0.3) is 0 Å². The summed E-state index contributed by atoms with van der Waals surface area (Å²) in [7, 11) is 0. The van der Waals surface area contributed by atoms with Crippen molar-refractivity contribution in [2.24, 2.45) is 0 Å². The molecule has 1 heterocycles. The van der Waals surface area contributed by atoms with Crippen molar-refractivity contribution in [3.63, 3.8) is 0 Å². The van der Waals surface area contributed by atoms with Crippen LogP contribution >= 0.6 is 0 Å². The summed E-state index contributed by atoms with van der Waals surface area (Å²) in [4.78, 5) is 2.42. The Bertz CT molecular complexity index is 369. The first-order chi connectivity index (χ1) is 8.70. The number of nitrogens with zero attached hydrogens (tertiary/aromatic N) is 1. The fourth-order valence-electron chi connectivity index (χ4n) is 2.64. The molecule has 1 aromatic carbocycles. The number of rotatable bonds is 4. The van der Waals surface area contributed by atoms with Crippen molar-refractivity contribution in [3.8, 4) is 11.5 Å². The van der Waals surface area contributed by atoms with Crippen molar-refractivity contribution in [1.29, 1.82) is 0 Å². The van der Waals surface area contributed by atoms with Gasteiger partial charge >= 0.3 is 0 Å². The molecular formula is C14H22N2O2. The molecule has 1 aliphatic heterocycles. The minimum Gasteiger partial charge on any atom is -0.508 e. The smallest absolute Gasteiger partial charge is 0.119 e. The van der Waals surface area contributed by atoms with Crippen LogP contribution in [0.2, 0.25) is 0 Å². The molecule has 0 unspecified atom stereocenters. The molecule has 1 fully saturated rings. The summed E-state index contributed by atoms with van der Waals surface area (Å²) >= 11 is 0. The van der Waals surface area contributed by atoms with Crippen LogP contribution < -0.4 is 5.32 Å². The van der Waals surface area contributed by atoms with Crippen LogP contribution in [0.4, 0.5) is 0 Å². The van der Waals surface area contributed by atoms with E-state index >= 15 is 0 Å². The predicted octanol–water partition coefficient (Wildman–Crippen LogP) is 1.84. The standard InChI is InChI=1S/C14H22N2O2/c1-2-3-14(16-6-4-15-5-7-16)11-8-12(17)10-13(18)9-11/h8-10,14-15,17-18H,2-7H2,1H3/t14-/m0/s1. The molecule has 1 atom stereocenters. The highest BCUT2D eigenvalue weighted by molar-refractivity contribution is 5.38. The Labute approximate surface area is 108 Å². The molecule has 100 valence electrons. The highest BCUT2D eigenvalue weighted by Gasteiger charge is 2.22. The van der Waals surface area contributed by atoms with E-state index in [4.69, 9.17) is 0 Å². The summed E-state index contributed by atoms with van der Waals surface area (Å²) in [5, 5.41) is 22.6. The lowest BCUT2D eigenvalue weighted by molar-refractivity contribution is 0.164. The second-order valence-corrected chi connectivity index (χ2v) is 4.87. The predicted molar refractivity (Wildman–Crippen MR) is 71.9 cm³/mol. The quantitative estimate of drug-likeness (QED) is 0.763. The van der Waals surface area contributed by atoms with Gasteiger partial charge in [0.05, 0.1) is 0 Å². The highest BCUT2D eigenvalue weighted by atomic mass is 16.3. The van der Waals surface area contributed by atoms with Gasteiger partial charge in [0, 0.05) is 38.3 Å². The van der Waals surface area contributed by atoms with Crippen LogP contribution in [-0.2, 0) is 0 Å². The molecular weight excluding hydrogens is 228 g/mol. The number of aromatic hydroxyl groups is 2. The maximum absolute atomic E-state index is 9.62. The average molecular weight is 250 g/mol. The number of phenols is 2. The first kappa shape index (κ1) is 13.2. The van der Waals surface area contributed by atoms with Crippen molar-refractivity contribution in [2.45, 2.75) is 25.8 Å². The molecule has 2 rings (SSSR count). The van der Waals surface area contributed by atoms with Gasteiger partial charge in [-0.05, 0) is 24.1 Å². The molecule has 3 N–H and O–H groups in total. The SMILES string of the molecule is CCC[C@@H](c1cc(O)cc(O)c1)N1CCNCC1. The van der Waals surface area contributed by atoms with Gasteiger partial charge in [-0.15, -0.1) is 0 Å². The second kappa shape index (κ2) is 6.07. The molecule has 4 heteroatoms. The van der Waals surface area contributed by atoms with Crippen LogP contribution in [0.15, 0.2) is 18.2 Å². The molecule has 0 aliphatic carbocycles. The number of benzene rings is 1. The third-order valence-electron chi connectivity index (χ3n) is 3.46. The molecule has 1 saturated heterocycles. The minimum atomic E-state index is 0.140. The maximum atomic E-state index is 9.62. The second-order valence-electron chi connectivity index (χ2n) is 4.87.